The van der Waals surface area contributed by atoms with Gasteiger partial charge in [0.2, 0.25) is 11.8 Å². The topological polar surface area (TPSA) is 98.7 Å². The van der Waals surface area contributed by atoms with Gasteiger partial charge in [0.15, 0.2) is 5.16 Å². The van der Waals surface area contributed by atoms with Crippen LogP contribution in [0.2, 0.25) is 0 Å². The number of carbonyl (C=O) groups excluding carboxylic acids is 1. The van der Waals surface area contributed by atoms with Crippen LogP contribution in [0.15, 0.2) is 57.4 Å². The van der Waals surface area contributed by atoms with E-state index in [4.69, 9.17) is 4.42 Å². The number of rotatable bonds is 8. The number of aromatic nitrogens is 5. The molecule has 3 heterocycles. The van der Waals surface area contributed by atoms with Crippen molar-refractivity contribution >= 4 is 35.0 Å². The minimum Gasteiger partial charge on any atom is -0.403 e. The van der Waals surface area contributed by atoms with Gasteiger partial charge in [0.25, 0.3) is 0 Å². The fourth-order valence-electron chi connectivity index (χ4n) is 4.06. The van der Waals surface area contributed by atoms with Gasteiger partial charge in [0.05, 0.1) is 5.75 Å². The van der Waals surface area contributed by atoms with Gasteiger partial charge in [0, 0.05) is 22.9 Å². The Balaban J connectivity index is 1.25. The highest BCUT2D eigenvalue weighted by molar-refractivity contribution is 7.99. The van der Waals surface area contributed by atoms with Gasteiger partial charge < -0.3 is 8.98 Å². The molecule has 0 aliphatic heterocycles. The third-order valence-electron chi connectivity index (χ3n) is 5.61. The summed E-state index contributed by atoms with van der Waals surface area (Å²) in [6.45, 7) is 0. The SMILES string of the molecule is O=C(CSc1nnc(Cc2cccs2)n1C1CCCCC1)Nc1nnc(-c2ccccc2)o1. The van der Waals surface area contributed by atoms with Crippen LogP contribution in [0.3, 0.4) is 0 Å². The minimum absolute atomic E-state index is 0.0894. The zero-order valence-electron chi connectivity index (χ0n) is 18.0. The summed E-state index contributed by atoms with van der Waals surface area (Å²) in [5.41, 5.74) is 0.804. The number of anilines is 1. The molecule has 1 aromatic carbocycles. The van der Waals surface area contributed by atoms with Gasteiger partial charge in [0.1, 0.15) is 5.82 Å². The van der Waals surface area contributed by atoms with Gasteiger partial charge in [-0.3, -0.25) is 10.1 Å². The predicted octanol–water partition coefficient (Wildman–Crippen LogP) is 5.22. The van der Waals surface area contributed by atoms with Crippen molar-refractivity contribution in [2.45, 2.75) is 49.7 Å². The quantitative estimate of drug-likeness (QED) is 0.345. The summed E-state index contributed by atoms with van der Waals surface area (Å²) < 4.78 is 7.84. The number of hydrogen-bond acceptors (Lipinski definition) is 8. The van der Waals surface area contributed by atoms with E-state index < -0.39 is 0 Å². The Morgan fingerprint density at radius 3 is 2.70 bits per heavy atom. The van der Waals surface area contributed by atoms with Gasteiger partial charge in [-0.15, -0.1) is 26.6 Å². The van der Waals surface area contributed by atoms with Crippen LogP contribution in [-0.4, -0.2) is 36.6 Å². The molecule has 4 aromatic rings. The number of thiophene rings is 1. The molecule has 170 valence electrons. The van der Waals surface area contributed by atoms with Crippen molar-refractivity contribution < 1.29 is 9.21 Å². The summed E-state index contributed by atoms with van der Waals surface area (Å²) in [6.07, 6.45) is 6.72. The molecule has 1 aliphatic rings. The van der Waals surface area contributed by atoms with Crippen LogP contribution < -0.4 is 5.32 Å². The number of hydrogen-bond donors (Lipinski definition) is 1. The molecular weight excluding hydrogens is 456 g/mol. The number of nitrogens with one attached hydrogen (secondary N) is 1. The molecule has 0 atom stereocenters. The van der Waals surface area contributed by atoms with Gasteiger partial charge in [-0.2, -0.15) is 0 Å². The molecule has 0 bridgehead atoms. The predicted molar refractivity (Wildman–Crippen MR) is 128 cm³/mol. The normalized spacial score (nSPS) is 14.4. The molecule has 0 radical (unpaired) electrons. The Kier molecular flexibility index (Phi) is 6.82. The van der Waals surface area contributed by atoms with Crippen LogP contribution in [-0.2, 0) is 11.2 Å². The van der Waals surface area contributed by atoms with E-state index in [1.165, 1.54) is 35.9 Å². The van der Waals surface area contributed by atoms with Crippen molar-refractivity contribution in [1.29, 1.82) is 0 Å². The fraction of sp³-hybridized carbons (Fsp3) is 0.348. The Morgan fingerprint density at radius 2 is 1.91 bits per heavy atom. The first-order chi connectivity index (χ1) is 16.3. The first kappa shape index (κ1) is 21.8. The monoisotopic (exact) mass is 480 g/mol. The van der Waals surface area contributed by atoms with Crippen LogP contribution in [0.25, 0.3) is 11.5 Å². The first-order valence-corrected chi connectivity index (χ1v) is 12.9. The molecule has 1 amide bonds. The van der Waals surface area contributed by atoms with E-state index in [9.17, 15) is 4.79 Å². The molecular formula is C23H24N6O2S2. The molecule has 0 spiro atoms. The lowest BCUT2D eigenvalue weighted by atomic mass is 9.95. The van der Waals surface area contributed by atoms with E-state index in [2.05, 4.69) is 47.8 Å². The molecule has 1 aliphatic carbocycles. The highest BCUT2D eigenvalue weighted by Gasteiger charge is 2.24. The minimum atomic E-state index is -0.221. The fourth-order valence-corrected chi connectivity index (χ4v) is 5.58. The van der Waals surface area contributed by atoms with E-state index >= 15 is 0 Å². The zero-order chi connectivity index (χ0) is 22.5. The average molecular weight is 481 g/mol. The maximum Gasteiger partial charge on any atom is 0.322 e. The molecule has 3 aromatic heterocycles. The Bertz CT molecular complexity index is 1180. The number of carbonyl (C=O) groups is 1. The summed E-state index contributed by atoms with van der Waals surface area (Å²) in [4.78, 5) is 13.8. The van der Waals surface area contributed by atoms with Crippen molar-refractivity contribution in [1.82, 2.24) is 25.0 Å². The summed E-state index contributed by atoms with van der Waals surface area (Å²) >= 11 is 3.12. The summed E-state index contributed by atoms with van der Waals surface area (Å²) in [5.74, 6) is 1.30. The van der Waals surface area contributed by atoms with Crippen molar-refractivity contribution in [2.75, 3.05) is 11.1 Å². The molecule has 0 unspecified atom stereocenters. The molecule has 8 nitrogen and oxygen atoms in total. The maximum atomic E-state index is 12.6. The van der Waals surface area contributed by atoms with Gasteiger partial charge in [-0.1, -0.05) is 60.4 Å². The molecule has 33 heavy (non-hydrogen) atoms. The van der Waals surface area contributed by atoms with Crippen LogP contribution >= 0.6 is 23.1 Å². The summed E-state index contributed by atoms with van der Waals surface area (Å²) in [5, 5.41) is 22.4. The first-order valence-electron chi connectivity index (χ1n) is 11.0. The summed E-state index contributed by atoms with van der Waals surface area (Å²) in [7, 11) is 0. The zero-order valence-corrected chi connectivity index (χ0v) is 19.6. The number of amides is 1. The van der Waals surface area contributed by atoms with Gasteiger partial charge in [-0.05, 0) is 36.4 Å². The van der Waals surface area contributed by atoms with Crippen molar-refractivity contribution in [3.8, 4) is 11.5 Å². The van der Waals surface area contributed by atoms with Crippen molar-refractivity contribution in [3.05, 3.63) is 58.5 Å². The lowest BCUT2D eigenvalue weighted by molar-refractivity contribution is -0.113. The summed E-state index contributed by atoms with van der Waals surface area (Å²) in [6, 6.07) is 14.1. The molecule has 0 saturated heterocycles. The van der Waals surface area contributed by atoms with E-state index in [-0.39, 0.29) is 17.7 Å². The second-order valence-electron chi connectivity index (χ2n) is 7.93. The Morgan fingerprint density at radius 1 is 1.06 bits per heavy atom. The van der Waals surface area contributed by atoms with Crippen LogP contribution in [0, 0.1) is 0 Å². The number of nitrogens with zero attached hydrogens (tertiary/aromatic N) is 5. The molecule has 1 fully saturated rings. The third-order valence-corrected chi connectivity index (χ3v) is 7.43. The van der Waals surface area contributed by atoms with Crippen LogP contribution in [0.1, 0.15) is 48.8 Å². The van der Waals surface area contributed by atoms with Gasteiger partial charge in [-0.25, -0.2) is 0 Å². The maximum absolute atomic E-state index is 12.6. The Hall–Kier alpha value is -2.98. The van der Waals surface area contributed by atoms with Gasteiger partial charge >= 0.3 is 6.01 Å². The molecule has 10 heteroatoms. The van der Waals surface area contributed by atoms with E-state index in [0.717, 1.165) is 35.8 Å². The van der Waals surface area contributed by atoms with E-state index in [1.807, 2.05) is 30.3 Å². The van der Waals surface area contributed by atoms with Crippen molar-refractivity contribution in [3.63, 3.8) is 0 Å². The van der Waals surface area contributed by atoms with Crippen LogP contribution in [0.4, 0.5) is 6.01 Å². The largest absolute Gasteiger partial charge is 0.403 e. The lowest BCUT2D eigenvalue weighted by Crippen LogP contribution is -2.18. The van der Waals surface area contributed by atoms with E-state index in [1.54, 1.807) is 11.3 Å². The molecule has 5 rings (SSSR count). The molecule has 1 N–H and O–H groups in total. The smallest absolute Gasteiger partial charge is 0.322 e. The lowest BCUT2D eigenvalue weighted by Gasteiger charge is -2.25. The highest BCUT2D eigenvalue weighted by Crippen LogP contribution is 2.33. The third kappa shape index (κ3) is 5.33. The number of benzene rings is 1. The number of thioether (sulfide) groups is 1. The van der Waals surface area contributed by atoms with Crippen molar-refractivity contribution in [2.24, 2.45) is 0 Å². The second kappa shape index (κ2) is 10.3. The highest BCUT2D eigenvalue weighted by atomic mass is 32.2. The second-order valence-corrected chi connectivity index (χ2v) is 9.91. The van der Waals surface area contributed by atoms with E-state index in [0.29, 0.717) is 11.9 Å². The van der Waals surface area contributed by atoms with Crippen LogP contribution in [0.5, 0.6) is 0 Å². The average Bonchev–Trinajstić information content (AvgIpc) is 3.61. The molecule has 1 saturated carbocycles. The Labute approximate surface area is 199 Å². The standard InChI is InChI=1S/C23H24N6O2S2/c30-20(24-22-27-26-21(31-22)16-8-3-1-4-9-16)15-33-23-28-25-19(14-18-12-7-13-32-18)29(23)17-10-5-2-6-11-17/h1,3-4,7-9,12-13,17H,2,5-6,10-11,14-15H2,(H,24,27,30).